The maximum absolute atomic E-state index is 8.48. The summed E-state index contributed by atoms with van der Waals surface area (Å²) >= 11 is 0. The summed E-state index contributed by atoms with van der Waals surface area (Å²) in [4.78, 5) is 50.9. The third kappa shape index (κ3) is 377. The van der Waals surface area contributed by atoms with Crippen LogP contribution in [0.15, 0.2) is 0 Å². The van der Waals surface area contributed by atoms with Crippen molar-refractivity contribution in [2.24, 2.45) is 0 Å². The molecule has 0 N–H and O–H groups in total. The summed E-state index contributed by atoms with van der Waals surface area (Å²) in [6.45, 7) is 0. The van der Waals surface area contributed by atoms with E-state index < -0.39 is 24.8 Å². The average Bonchev–Trinajstić information content (AvgIpc) is 1.54. The summed E-state index contributed by atoms with van der Waals surface area (Å²) in [7, 11) is -10.1. The Morgan fingerprint density at radius 3 is 0.500 bits per heavy atom. The second-order valence-corrected chi connectivity index (χ2v) is 2.01. The van der Waals surface area contributed by atoms with Gasteiger partial charge in [0.05, 0.1) is 0 Å². The van der Waals surface area contributed by atoms with E-state index in [0.717, 1.165) is 0 Å². The van der Waals surface area contributed by atoms with Crippen molar-refractivity contribution in [3.63, 3.8) is 0 Å². The van der Waals surface area contributed by atoms with Gasteiger partial charge >= 0.3 is 79.9 Å². The van der Waals surface area contributed by atoms with Gasteiger partial charge in [0.25, 0.3) is 24.8 Å². The summed E-state index contributed by atoms with van der Waals surface area (Å²) in [6, 6.07) is 0. The number of rotatable bonds is 0. The molecule has 0 bridgehead atoms. The van der Waals surface area contributed by atoms with E-state index >= 15 is 0 Å². The second kappa shape index (κ2) is 24.8. The van der Waals surface area contributed by atoms with Crippen LogP contribution in [0.4, 0.5) is 0 Å². The monoisotopic (exact) mass is 553 g/mol. The van der Waals surface area contributed by atoms with Gasteiger partial charge in [0, 0.05) is 0 Å². The van der Waals surface area contributed by atoms with Gasteiger partial charge in [0.2, 0.25) is 0 Å². The van der Waals surface area contributed by atoms with Crippen molar-refractivity contribution in [2.45, 2.75) is 0 Å². The molecule has 82 valence electrons. The Bertz CT molecular complexity index is 116. The first-order valence-electron chi connectivity index (χ1n) is 1.64. The van der Waals surface area contributed by atoms with Gasteiger partial charge < -0.3 is 29.4 Å². The third-order valence-electron chi connectivity index (χ3n) is 0. The molecule has 0 saturated carbocycles. The van der Waals surface area contributed by atoms with Gasteiger partial charge in [-0.3, -0.25) is 0 Å². The van der Waals surface area contributed by atoms with E-state index in [4.69, 9.17) is 43.1 Å². The molecule has 2 radical (unpaired) electrons. The molecular weight excluding hydrogens is 551 g/mol. The van der Waals surface area contributed by atoms with E-state index in [0.29, 0.717) is 0 Å². The fourth-order valence-electron chi connectivity index (χ4n) is 0. The minimum atomic E-state index is -3.37. The second-order valence-electron chi connectivity index (χ2n) is 0.671. The summed E-state index contributed by atoms with van der Waals surface area (Å²) in [5.41, 5.74) is 0. The zero-order valence-electron chi connectivity index (χ0n) is 5.72. The first kappa shape index (κ1) is 30.1. The molecule has 0 spiro atoms. The van der Waals surface area contributed by atoms with E-state index in [1.165, 1.54) is 0 Å². The summed E-state index contributed by atoms with van der Waals surface area (Å²) in [6.07, 6.45) is 0. The molecule has 0 heterocycles. The fourth-order valence-corrected chi connectivity index (χ4v) is 0. The van der Waals surface area contributed by atoms with Crippen molar-refractivity contribution in [2.75, 3.05) is 0 Å². The molecule has 0 aliphatic rings. The third-order valence-corrected chi connectivity index (χ3v) is 0. The van der Waals surface area contributed by atoms with Crippen molar-refractivity contribution >= 4 is 24.8 Å². The Morgan fingerprint density at radius 1 is 0.500 bits per heavy atom. The molecule has 0 rings (SSSR count). The normalized spacial score (nSPS) is 5.57. The molecule has 0 saturated heterocycles. The molecule has 14 heavy (non-hydrogen) atoms. The van der Waals surface area contributed by atoms with Crippen LogP contribution < -0.4 is 29.4 Å². The minimum Gasteiger partial charge on any atom is -0.598 e. The summed E-state index contributed by atoms with van der Waals surface area (Å²) in [5.74, 6) is 0. The van der Waals surface area contributed by atoms with Gasteiger partial charge in [-0.25, -0.2) is 0 Å². The molecule has 0 fully saturated rings. The van der Waals surface area contributed by atoms with Crippen LogP contribution >= 0.6 is 24.8 Å². The van der Waals surface area contributed by atoms with Crippen LogP contribution in [0, 0.1) is 79.9 Å². The predicted molar refractivity (Wildman–Crippen MR) is 22.8 cm³/mol. The Balaban J connectivity index is -0.0000000270. The topological polar surface area (TPSA) is 190 Å². The van der Waals surface area contributed by atoms with E-state index in [2.05, 4.69) is 0 Å². The van der Waals surface area contributed by atoms with Gasteiger partial charge in [-0.2, -0.15) is 0 Å². The molecule has 14 heteroatoms. The summed E-state index contributed by atoms with van der Waals surface area (Å²) in [5, 5.41) is 0. The Morgan fingerprint density at radius 2 is 0.500 bits per heavy atom. The quantitative estimate of drug-likeness (QED) is 0.266. The van der Waals surface area contributed by atoms with Crippen LogP contribution in [-0.2, 0) is 13.7 Å². The van der Waals surface area contributed by atoms with Gasteiger partial charge in [-0.05, 0) is 0 Å². The van der Waals surface area contributed by atoms with Gasteiger partial charge in [0.15, 0.2) is 0 Å². The first-order valence-corrected chi connectivity index (χ1v) is 4.93. The van der Waals surface area contributed by atoms with Crippen LogP contribution in [0.25, 0.3) is 0 Å². The molecule has 0 atom stereocenters. The van der Waals surface area contributed by atoms with Crippen molar-refractivity contribution < 1.29 is 123 Å². The van der Waals surface area contributed by atoms with Crippen molar-refractivity contribution in [3.05, 3.63) is 0 Å². The Kier molecular flexibility index (Phi) is 53.3. The molecule has 0 unspecified atom stereocenters. The number of hydrogen-bond donors (Lipinski definition) is 0. The smallest absolute Gasteiger partial charge is 0.598 e. The van der Waals surface area contributed by atoms with E-state index in [1.54, 1.807) is 0 Å². The molecule has 9 nitrogen and oxygen atoms in total. The van der Waals surface area contributed by atoms with E-state index in [-0.39, 0.29) is 79.9 Å². The van der Waals surface area contributed by atoms with Gasteiger partial charge in [0.1, 0.15) is 0 Å². The zero-order valence-corrected chi connectivity index (χ0v) is 12.9. The minimum absolute atomic E-state index is 0. The Labute approximate surface area is 145 Å². The first-order chi connectivity index (χ1) is 5.20. The van der Waals surface area contributed by atoms with Crippen LogP contribution in [-0.4, -0.2) is 0 Å². The molecule has 0 aliphatic heterocycles. The molecule has 0 aromatic carbocycles. The Hall–Kier alpha value is 2.71. The van der Waals surface area contributed by atoms with Crippen LogP contribution in [0.2, 0.25) is 0 Å². The van der Waals surface area contributed by atoms with Gasteiger partial charge in [-0.1, -0.05) is 13.7 Å². The van der Waals surface area contributed by atoms with Crippen molar-refractivity contribution in [1.29, 1.82) is 0 Å². The molecule has 0 aliphatic carbocycles. The van der Waals surface area contributed by atoms with Crippen LogP contribution in [0.1, 0.15) is 0 Å². The molecule has 0 aromatic rings. The van der Waals surface area contributed by atoms with E-state index in [9.17, 15) is 0 Å². The standard InChI is InChI=1S/2Gd.3HO3P/c;;3*1-4(2)3/h;;3*(H,1,2,3)/q2*+3;;;/p-3. The predicted octanol–water partition coefficient (Wildman–Crippen LogP) is -4.91. The molecular formula is Gd2O9P3+3. The van der Waals surface area contributed by atoms with Gasteiger partial charge in [-0.15, -0.1) is 0 Å². The van der Waals surface area contributed by atoms with Crippen molar-refractivity contribution in [3.8, 4) is 0 Å². The van der Waals surface area contributed by atoms with Crippen molar-refractivity contribution in [1.82, 2.24) is 0 Å². The number of hydrogen-bond acceptors (Lipinski definition) is 9. The zero-order chi connectivity index (χ0) is 10.7. The maximum atomic E-state index is 8.48. The summed E-state index contributed by atoms with van der Waals surface area (Å²) < 4.78 is 25.4. The fraction of sp³-hybridized carbons (Fsp3) is 0. The molecule has 0 aromatic heterocycles. The SMILES string of the molecule is O=[P+]([O-])[O-].O=[P+]([O-])[O-].O=[P+]([O-])[O-].[Gd+3].[Gd+3]. The maximum Gasteiger partial charge on any atom is 3.00 e. The molecule has 0 amide bonds. The van der Waals surface area contributed by atoms with E-state index in [1.807, 2.05) is 0 Å². The average molecular weight is 551 g/mol. The van der Waals surface area contributed by atoms with Crippen LogP contribution in [0.3, 0.4) is 0 Å². The largest absolute Gasteiger partial charge is 3.00 e. The van der Waals surface area contributed by atoms with Crippen LogP contribution in [0.5, 0.6) is 0 Å².